The van der Waals surface area contributed by atoms with Gasteiger partial charge in [-0.3, -0.25) is 19.8 Å². The largest absolute Gasteiger partial charge is 0.331 e. The van der Waals surface area contributed by atoms with Gasteiger partial charge in [0, 0.05) is 6.04 Å². The lowest BCUT2D eigenvalue weighted by Crippen LogP contribution is -2.57. The second kappa shape index (κ2) is 4.47. The molecule has 94 valence electrons. The summed E-state index contributed by atoms with van der Waals surface area (Å²) in [5, 5.41) is 2.21. The summed E-state index contributed by atoms with van der Waals surface area (Å²) in [5.41, 5.74) is 0. The maximum atomic E-state index is 11.7. The lowest BCUT2D eigenvalue weighted by Gasteiger charge is -2.39. The highest BCUT2D eigenvalue weighted by Gasteiger charge is 2.38. The SMILES string of the molecule is CC1CCC(N2C(=O)CC(=O)NC2=O)CC1C. The van der Waals surface area contributed by atoms with E-state index in [-0.39, 0.29) is 18.4 Å². The Morgan fingerprint density at radius 2 is 1.82 bits per heavy atom. The summed E-state index contributed by atoms with van der Waals surface area (Å²) in [6, 6.07) is -0.584. The second-order valence-corrected chi connectivity index (χ2v) is 5.22. The van der Waals surface area contributed by atoms with E-state index in [1.807, 2.05) is 0 Å². The van der Waals surface area contributed by atoms with E-state index >= 15 is 0 Å². The molecule has 4 amide bonds. The number of rotatable bonds is 1. The number of hydrogen-bond donors (Lipinski definition) is 1. The fraction of sp³-hybridized carbons (Fsp3) is 0.750. The predicted octanol–water partition coefficient (Wildman–Crippen LogP) is 1.28. The van der Waals surface area contributed by atoms with Gasteiger partial charge in [-0.2, -0.15) is 0 Å². The quantitative estimate of drug-likeness (QED) is 0.700. The van der Waals surface area contributed by atoms with Gasteiger partial charge in [0.05, 0.1) is 0 Å². The van der Waals surface area contributed by atoms with Gasteiger partial charge in [0.1, 0.15) is 6.42 Å². The highest BCUT2D eigenvalue weighted by atomic mass is 16.2. The molecule has 1 aliphatic carbocycles. The minimum absolute atomic E-state index is 0.0400. The van der Waals surface area contributed by atoms with Crippen LogP contribution in [-0.4, -0.2) is 28.8 Å². The summed E-state index contributed by atoms with van der Waals surface area (Å²) in [7, 11) is 0. The molecule has 1 saturated carbocycles. The van der Waals surface area contributed by atoms with Crippen molar-refractivity contribution in [2.75, 3.05) is 0 Å². The molecule has 3 unspecified atom stereocenters. The third-order valence-electron chi connectivity index (χ3n) is 3.98. The van der Waals surface area contributed by atoms with E-state index in [1.54, 1.807) is 0 Å². The Kier molecular flexibility index (Phi) is 3.17. The van der Waals surface area contributed by atoms with Gasteiger partial charge < -0.3 is 0 Å². The normalized spacial score (nSPS) is 34.8. The van der Waals surface area contributed by atoms with E-state index in [9.17, 15) is 14.4 Å². The van der Waals surface area contributed by atoms with Crippen LogP contribution in [0.4, 0.5) is 4.79 Å². The summed E-state index contributed by atoms with van der Waals surface area (Å²) < 4.78 is 0. The second-order valence-electron chi connectivity index (χ2n) is 5.22. The minimum atomic E-state index is -0.544. The summed E-state index contributed by atoms with van der Waals surface area (Å²) in [6.07, 6.45) is 2.51. The molecule has 2 fully saturated rings. The fourth-order valence-corrected chi connectivity index (χ4v) is 2.68. The number of hydrogen-bond acceptors (Lipinski definition) is 3. The van der Waals surface area contributed by atoms with E-state index in [1.165, 1.54) is 4.90 Å². The first-order valence-electron chi connectivity index (χ1n) is 6.15. The van der Waals surface area contributed by atoms with E-state index in [4.69, 9.17) is 0 Å². The average Bonchev–Trinajstić information content (AvgIpc) is 2.21. The number of imide groups is 2. The molecule has 3 atom stereocenters. The number of nitrogens with zero attached hydrogens (tertiary/aromatic N) is 1. The molecule has 2 rings (SSSR count). The summed E-state index contributed by atoms with van der Waals surface area (Å²) in [5.74, 6) is 0.293. The molecule has 5 heteroatoms. The van der Waals surface area contributed by atoms with E-state index in [0.29, 0.717) is 11.8 Å². The Hall–Kier alpha value is -1.39. The fourth-order valence-electron chi connectivity index (χ4n) is 2.68. The summed E-state index contributed by atoms with van der Waals surface area (Å²) >= 11 is 0. The van der Waals surface area contributed by atoms with Crippen LogP contribution in [0.2, 0.25) is 0 Å². The zero-order chi connectivity index (χ0) is 12.6. The Morgan fingerprint density at radius 3 is 2.41 bits per heavy atom. The van der Waals surface area contributed by atoms with Crippen molar-refractivity contribution in [3.05, 3.63) is 0 Å². The molecular weight excluding hydrogens is 220 g/mol. The van der Waals surface area contributed by atoms with Crippen molar-refractivity contribution in [2.24, 2.45) is 11.8 Å². The third-order valence-corrected chi connectivity index (χ3v) is 3.98. The molecule has 1 heterocycles. The van der Waals surface area contributed by atoms with E-state index in [0.717, 1.165) is 19.3 Å². The highest BCUT2D eigenvalue weighted by molar-refractivity contribution is 6.14. The predicted molar refractivity (Wildman–Crippen MR) is 61.0 cm³/mol. The van der Waals surface area contributed by atoms with E-state index in [2.05, 4.69) is 19.2 Å². The molecule has 5 nitrogen and oxygen atoms in total. The minimum Gasteiger partial charge on any atom is -0.277 e. The zero-order valence-electron chi connectivity index (χ0n) is 10.2. The van der Waals surface area contributed by atoms with Gasteiger partial charge in [-0.1, -0.05) is 13.8 Å². The average molecular weight is 238 g/mol. The van der Waals surface area contributed by atoms with Crippen molar-refractivity contribution in [1.82, 2.24) is 10.2 Å². The number of amides is 4. The number of carbonyl (C=O) groups is 3. The Balaban J connectivity index is 2.09. The van der Waals surface area contributed by atoms with E-state index < -0.39 is 11.9 Å². The van der Waals surface area contributed by atoms with Crippen LogP contribution >= 0.6 is 0 Å². The van der Waals surface area contributed by atoms with Gasteiger partial charge in [-0.25, -0.2) is 4.79 Å². The van der Waals surface area contributed by atoms with Crippen LogP contribution < -0.4 is 5.32 Å². The first kappa shape index (κ1) is 12.1. The van der Waals surface area contributed by atoms with Crippen molar-refractivity contribution < 1.29 is 14.4 Å². The molecule has 1 saturated heterocycles. The first-order chi connectivity index (χ1) is 7.99. The lowest BCUT2D eigenvalue weighted by molar-refractivity contribution is -0.138. The standard InChI is InChI=1S/C12H18N2O3/c1-7-3-4-9(5-8(7)2)14-11(16)6-10(15)13-12(14)17/h7-9H,3-6H2,1-2H3,(H,13,15,17). The lowest BCUT2D eigenvalue weighted by atomic mass is 9.78. The maximum absolute atomic E-state index is 11.7. The molecular formula is C12H18N2O3. The zero-order valence-corrected chi connectivity index (χ0v) is 10.2. The van der Waals surface area contributed by atoms with Crippen LogP contribution in [0, 0.1) is 11.8 Å². The molecule has 0 radical (unpaired) electrons. The summed E-state index contributed by atoms with van der Waals surface area (Å²) in [6.45, 7) is 4.34. The number of nitrogens with one attached hydrogen (secondary N) is 1. The Bertz CT molecular complexity index is 347. The van der Waals surface area contributed by atoms with Gasteiger partial charge in [0.2, 0.25) is 11.8 Å². The Labute approximate surface area is 101 Å². The Morgan fingerprint density at radius 1 is 1.12 bits per heavy atom. The topological polar surface area (TPSA) is 66.5 Å². The molecule has 2 aliphatic rings. The van der Waals surface area contributed by atoms with Crippen LogP contribution in [0.25, 0.3) is 0 Å². The molecule has 1 N–H and O–H groups in total. The molecule has 0 spiro atoms. The van der Waals surface area contributed by atoms with Crippen molar-refractivity contribution in [1.29, 1.82) is 0 Å². The van der Waals surface area contributed by atoms with Gasteiger partial charge in [0.15, 0.2) is 0 Å². The van der Waals surface area contributed by atoms with Crippen molar-refractivity contribution in [3.63, 3.8) is 0 Å². The first-order valence-corrected chi connectivity index (χ1v) is 6.15. The van der Waals surface area contributed by atoms with Crippen LogP contribution in [0.5, 0.6) is 0 Å². The molecule has 1 aliphatic heterocycles. The number of urea groups is 1. The van der Waals surface area contributed by atoms with Crippen LogP contribution in [0.3, 0.4) is 0 Å². The van der Waals surface area contributed by atoms with Gasteiger partial charge in [-0.05, 0) is 31.1 Å². The number of barbiturate groups is 1. The van der Waals surface area contributed by atoms with Crippen LogP contribution in [-0.2, 0) is 9.59 Å². The third kappa shape index (κ3) is 2.33. The van der Waals surface area contributed by atoms with Crippen molar-refractivity contribution in [3.8, 4) is 0 Å². The van der Waals surface area contributed by atoms with Crippen molar-refractivity contribution in [2.45, 2.75) is 45.6 Å². The van der Waals surface area contributed by atoms with Gasteiger partial charge >= 0.3 is 6.03 Å². The molecule has 0 bridgehead atoms. The monoisotopic (exact) mass is 238 g/mol. The maximum Gasteiger partial charge on any atom is 0.331 e. The van der Waals surface area contributed by atoms with Crippen molar-refractivity contribution >= 4 is 17.8 Å². The summed E-state index contributed by atoms with van der Waals surface area (Å²) in [4.78, 5) is 35.7. The smallest absolute Gasteiger partial charge is 0.277 e. The van der Waals surface area contributed by atoms with Crippen LogP contribution in [0.15, 0.2) is 0 Å². The van der Waals surface area contributed by atoms with Gasteiger partial charge in [0.25, 0.3) is 0 Å². The van der Waals surface area contributed by atoms with Crippen LogP contribution in [0.1, 0.15) is 39.5 Å². The molecule has 0 aromatic heterocycles. The number of carbonyl (C=O) groups excluding carboxylic acids is 3. The molecule has 17 heavy (non-hydrogen) atoms. The highest BCUT2D eigenvalue weighted by Crippen LogP contribution is 2.32. The molecule has 0 aromatic rings. The van der Waals surface area contributed by atoms with Gasteiger partial charge in [-0.15, -0.1) is 0 Å². The molecule has 0 aromatic carbocycles.